The number of carbonyl (C=O) groups is 1. The Bertz CT molecular complexity index is 438. The van der Waals surface area contributed by atoms with Gasteiger partial charge in [-0.05, 0) is 26.8 Å². The summed E-state index contributed by atoms with van der Waals surface area (Å²) in [6.07, 6.45) is 0. The quantitative estimate of drug-likeness (QED) is 0.800. The first kappa shape index (κ1) is 12.7. The predicted octanol–water partition coefficient (Wildman–Crippen LogP) is 2.03. The van der Waals surface area contributed by atoms with Crippen molar-refractivity contribution in [3.63, 3.8) is 0 Å². The van der Waals surface area contributed by atoms with Crippen LogP contribution in [0.25, 0.3) is 0 Å². The molecule has 2 N–H and O–H groups in total. The molecular weight excluding hydrogens is 224 g/mol. The van der Waals surface area contributed by atoms with Gasteiger partial charge >= 0.3 is 5.97 Å². The highest BCUT2D eigenvalue weighted by Crippen LogP contribution is 2.23. The van der Waals surface area contributed by atoms with Crippen LogP contribution in [-0.4, -0.2) is 11.6 Å². The molecule has 0 amide bonds. The molecule has 0 spiro atoms. The van der Waals surface area contributed by atoms with Gasteiger partial charge in [0, 0.05) is 11.4 Å². The number of ether oxygens (including phenoxy) is 1. The van der Waals surface area contributed by atoms with Crippen molar-refractivity contribution in [3.05, 3.63) is 21.4 Å². The number of nitrogens with two attached hydrogens (primary N) is 1. The summed E-state index contributed by atoms with van der Waals surface area (Å²) in [5.41, 5.74) is 5.40. The molecule has 0 atom stereocenters. The molecular formula is C11H14N2O2S. The molecule has 1 aromatic rings. The van der Waals surface area contributed by atoms with Gasteiger partial charge in [0.2, 0.25) is 0 Å². The van der Waals surface area contributed by atoms with E-state index in [9.17, 15) is 4.79 Å². The largest absolute Gasteiger partial charge is 0.456 e. The van der Waals surface area contributed by atoms with Gasteiger partial charge in [-0.3, -0.25) is 0 Å². The first-order valence-electron chi connectivity index (χ1n) is 4.83. The molecule has 0 aliphatic rings. The maximum Gasteiger partial charge on any atom is 0.348 e. The second-order valence-electron chi connectivity index (χ2n) is 4.27. The SMILES string of the molecule is CC(C)(C)OC(=O)c1cc(C#N)c(CN)s1. The van der Waals surface area contributed by atoms with Crippen molar-refractivity contribution in [1.82, 2.24) is 0 Å². The van der Waals surface area contributed by atoms with Gasteiger partial charge in [-0.25, -0.2) is 4.79 Å². The molecule has 0 aliphatic carbocycles. The van der Waals surface area contributed by atoms with Crippen LogP contribution < -0.4 is 5.73 Å². The van der Waals surface area contributed by atoms with E-state index in [-0.39, 0.29) is 6.54 Å². The van der Waals surface area contributed by atoms with Crippen LogP contribution in [0, 0.1) is 11.3 Å². The van der Waals surface area contributed by atoms with Crippen molar-refractivity contribution in [3.8, 4) is 6.07 Å². The van der Waals surface area contributed by atoms with Gasteiger partial charge in [-0.1, -0.05) is 0 Å². The Hall–Kier alpha value is -1.38. The highest BCUT2D eigenvalue weighted by atomic mass is 32.1. The van der Waals surface area contributed by atoms with Crippen molar-refractivity contribution in [2.75, 3.05) is 0 Å². The van der Waals surface area contributed by atoms with Crippen molar-refractivity contribution >= 4 is 17.3 Å². The average Bonchev–Trinajstić information content (AvgIpc) is 2.57. The number of esters is 1. The lowest BCUT2D eigenvalue weighted by Crippen LogP contribution is -2.23. The number of thiophene rings is 1. The van der Waals surface area contributed by atoms with E-state index in [0.29, 0.717) is 15.3 Å². The van der Waals surface area contributed by atoms with Crippen molar-refractivity contribution in [1.29, 1.82) is 5.26 Å². The minimum Gasteiger partial charge on any atom is -0.456 e. The summed E-state index contributed by atoms with van der Waals surface area (Å²) in [6, 6.07) is 3.54. The highest BCUT2D eigenvalue weighted by Gasteiger charge is 2.20. The van der Waals surface area contributed by atoms with Crippen LogP contribution in [0.3, 0.4) is 0 Å². The van der Waals surface area contributed by atoms with Crippen LogP contribution in [0.4, 0.5) is 0 Å². The average molecular weight is 238 g/mol. The van der Waals surface area contributed by atoms with Crippen LogP contribution in [0.1, 0.15) is 40.9 Å². The van der Waals surface area contributed by atoms with E-state index in [2.05, 4.69) is 0 Å². The fourth-order valence-electron chi connectivity index (χ4n) is 1.10. The number of nitrogens with zero attached hydrogens (tertiary/aromatic N) is 1. The Morgan fingerprint density at radius 2 is 2.25 bits per heavy atom. The van der Waals surface area contributed by atoms with Crippen LogP contribution in [0.15, 0.2) is 6.07 Å². The maximum atomic E-state index is 11.7. The van der Waals surface area contributed by atoms with Crippen LogP contribution in [-0.2, 0) is 11.3 Å². The van der Waals surface area contributed by atoms with Gasteiger partial charge in [0.1, 0.15) is 16.5 Å². The maximum absolute atomic E-state index is 11.7. The molecule has 16 heavy (non-hydrogen) atoms. The Kier molecular flexibility index (Phi) is 3.68. The molecule has 1 heterocycles. The monoisotopic (exact) mass is 238 g/mol. The Balaban J connectivity index is 2.94. The first-order valence-corrected chi connectivity index (χ1v) is 5.65. The van der Waals surface area contributed by atoms with Gasteiger partial charge in [-0.15, -0.1) is 11.3 Å². The lowest BCUT2D eigenvalue weighted by Gasteiger charge is -2.18. The highest BCUT2D eigenvalue weighted by molar-refractivity contribution is 7.14. The molecule has 0 fully saturated rings. The molecule has 0 radical (unpaired) electrons. The number of nitriles is 1. The third-order valence-corrected chi connectivity index (χ3v) is 2.85. The molecule has 4 nitrogen and oxygen atoms in total. The lowest BCUT2D eigenvalue weighted by molar-refractivity contribution is 0.00752. The molecule has 5 heteroatoms. The topological polar surface area (TPSA) is 76.1 Å². The lowest BCUT2D eigenvalue weighted by atomic mass is 10.2. The number of carbonyl (C=O) groups excluding carboxylic acids is 1. The van der Waals surface area contributed by atoms with Gasteiger partial charge in [-0.2, -0.15) is 5.26 Å². The number of hydrogen-bond donors (Lipinski definition) is 1. The molecule has 0 aromatic carbocycles. The number of hydrogen-bond acceptors (Lipinski definition) is 5. The van der Waals surface area contributed by atoms with Gasteiger partial charge in [0.15, 0.2) is 0 Å². The molecule has 1 aromatic heterocycles. The normalized spacial score (nSPS) is 10.9. The molecule has 0 saturated heterocycles. The zero-order valence-electron chi connectivity index (χ0n) is 9.53. The first-order chi connectivity index (χ1) is 7.37. The van der Waals surface area contributed by atoms with E-state index in [1.807, 2.05) is 6.07 Å². The van der Waals surface area contributed by atoms with Gasteiger partial charge < -0.3 is 10.5 Å². The fraction of sp³-hybridized carbons (Fsp3) is 0.455. The zero-order chi connectivity index (χ0) is 12.3. The Morgan fingerprint density at radius 1 is 1.62 bits per heavy atom. The molecule has 0 unspecified atom stereocenters. The smallest absolute Gasteiger partial charge is 0.348 e. The summed E-state index contributed by atoms with van der Waals surface area (Å²) in [6.45, 7) is 5.66. The Labute approximate surface area is 98.6 Å². The van der Waals surface area contributed by atoms with E-state index in [0.717, 1.165) is 0 Å². The van der Waals surface area contributed by atoms with E-state index in [4.69, 9.17) is 15.7 Å². The molecule has 86 valence electrons. The molecule has 0 bridgehead atoms. The van der Waals surface area contributed by atoms with Crippen molar-refractivity contribution in [2.24, 2.45) is 5.73 Å². The third-order valence-electron chi connectivity index (χ3n) is 1.71. The van der Waals surface area contributed by atoms with E-state index < -0.39 is 11.6 Å². The van der Waals surface area contributed by atoms with E-state index in [1.54, 1.807) is 20.8 Å². The summed E-state index contributed by atoms with van der Waals surface area (Å²) in [5, 5.41) is 8.83. The number of rotatable bonds is 2. The summed E-state index contributed by atoms with van der Waals surface area (Å²) >= 11 is 1.21. The molecule has 0 aliphatic heterocycles. The molecule has 1 rings (SSSR count). The van der Waals surface area contributed by atoms with Gasteiger partial charge in [0.25, 0.3) is 0 Å². The summed E-state index contributed by atoms with van der Waals surface area (Å²) in [5.74, 6) is -0.409. The molecule has 0 saturated carbocycles. The van der Waals surface area contributed by atoms with Crippen LogP contribution in [0.5, 0.6) is 0 Å². The summed E-state index contributed by atoms with van der Waals surface area (Å²) in [7, 11) is 0. The predicted molar refractivity (Wildman–Crippen MR) is 62.1 cm³/mol. The van der Waals surface area contributed by atoms with E-state index >= 15 is 0 Å². The van der Waals surface area contributed by atoms with Crippen LogP contribution in [0.2, 0.25) is 0 Å². The van der Waals surface area contributed by atoms with Crippen molar-refractivity contribution < 1.29 is 9.53 Å². The minimum absolute atomic E-state index is 0.260. The second-order valence-corrected chi connectivity index (χ2v) is 5.40. The van der Waals surface area contributed by atoms with Crippen molar-refractivity contribution in [2.45, 2.75) is 32.9 Å². The standard InChI is InChI=1S/C11H14N2O2S/c1-11(2,3)15-10(14)8-4-7(5-12)9(6-13)16-8/h4H,6,13H2,1-3H3. The third kappa shape index (κ3) is 3.05. The minimum atomic E-state index is -0.531. The zero-order valence-corrected chi connectivity index (χ0v) is 10.4. The second kappa shape index (κ2) is 4.64. The fourth-order valence-corrected chi connectivity index (χ4v) is 1.97. The summed E-state index contributed by atoms with van der Waals surface area (Å²) in [4.78, 5) is 12.8. The van der Waals surface area contributed by atoms with E-state index in [1.165, 1.54) is 17.4 Å². The van der Waals surface area contributed by atoms with Crippen LogP contribution >= 0.6 is 11.3 Å². The van der Waals surface area contributed by atoms with Gasteiger partial charge in [0.05, 0.1) is 5.56 Å². The Morgan fingerprint density at radius 3 is 2.62 bits per heavy atom. The summed E-state index contributed by atoms with van der Waals surface area (Å²) < 4.78 is 5.20.